The average molecular weight is 389 g/mol. The number of aromatic nitrogens is 2. The van der Waals surface area contributed by atoms with E-state index in [0.717, 1.165) is 37.2 Å². The Morgan fingerprint density at radius 3 is 2.71 bits per heavy atom. The maximum atomic E-state index is 12.4. The number of methoxy groups -OCH3 is 1. The lowest BCUT2D eigenvalue weighted by atomic mass is 10.0. The molecular formula is C21H32N4O3. The van der Waals surface area contributed by atoms with E-state index in [-0.39, 0.29) is 11.9 Å². The molecule has 0 aliphatic rings. The highest BCUT2D eigenvalue weighted by atomic mass is 16.5. The Balaban J connectivity index is 1.94. The van der Waals surface area contributed by atoms with E-state index < -0.39 is 0 Å². The third-order valence-electron chi connectivity index (χ3n) is 4.77. The van der Waals surface area contributed by atoms with Crippen LogP contribution in [0.5, 0.6) is 5.75 Å². The smallest absolute Gasteiger partial charge is 0.227 e. The molecule has 1 atom stereocenters. The summed E-state index contributed by atoms with van der Waals surface area (Å²) in [7, 11) is 1.66. The number of carbonyl (C=O) groups is 1. The van der Waals surface area contributed by atoms with Crippen molar-refractivity contribution in [2.45, 2.75) is 52.5 Å². The molecule has 0 saturated carbocycles. The molecule has 7 heteroatoms. The van der Waals surface area contributed by atoms with E-state index in [9.17, 15) is 4.79 Å². The molecule has 28 heavy (non-hydrogen) atoms. The maximum Gasteiger partial charge on any atom is 0.227 e. The van der Waals surface area contributed by atoms with Gasteiger partial charge in [0.05, 0.1) is 13.2 Å². The van der Waals surface area contributed by atoms with Gasteiger partial charge in [0.25, 0.3) is 0 Å². The molecule has 0 fully saturated rings. The van der Waals surface area contributed by atoms with Crippen LogP contribution in [0, 0.1) is 0 Å². The van der Waals surface area contributed by atoms with E-state index in [2.05, 4.69) is 47.2 Å². The number of amides is 1. The summed E-state index contributed by atoms with van der Waals surface area (Å²) in [5.41, 5.74) is 1.13. The van der Waals surface area contributed by atoms with Crippen molar-refractivity contribution in [1.82, 2.24) is 20.4 Å². The summed E-state index contributed by atoms with van der Waals surface area (Å²) in [5.74, 6) is 2.03. The van der Waals surface area contributed by atoms with Crippen molar-refractivity contribution >= 4 is 5.91 Å². The fraction of sp³-hybridized carbons (Fsp3) is 0.571. The van der Waals surface area contributed by atoms with Gasteiger partial charge in [-0.3, -0.25) is 9.69 Å². The number of likely N-dealkylation sites (N-methyl/N-ethyl adjacent to an activating group) is 1. The zero-order valence-electron chi connectivity index (χ0n) is 17.4. The zero-order chi connectivity index (χ0) is 20.4. The SMILES string of the molecule is CCCc1noc(CCC(=O)NCC(c2cccc(OC)c2)N(CC)CC)n1. The number of ether oxygens (including phenoxy) is 1. The molecule has 0 aliphatic carbocycles. The fourth-order valence-corrected chi connectivity index (χ4v) is 3.21. The summed E-state index contributed by atoms with van der Waals surface area (Å²) in [6.45, 7) is 8.66. The fourth-order valence-electron chi connectivity index (χ4n) is 3.21. The second kappa shape index (κ2) is 11.4. The second-order valence-corrected chi connectivity index (χ2v) is 6.67. The lowest BCUT2D eigenvalue weighted by molar-refractivity contribution is -0.121. The first kappa shape index (κ1) is 21.9. The van der Waals surface area contributed by atoms with Crippen molar-refractivity contribution in [3.05, 3.63) is 41.5 Å². The third-order valence-corrected chi connectivity index (χ3v) is 4.77. The van der Waals surface area contributed by atoms with Gasteiger partial charge in [-0.2, -0.15) is 4.98 Å². The Hall–Kier alpha value is -2.41. The van der Waals surface area contributed by atoms with Crippen LogP contribution in [0.25, 0.3) is 0 Å². The molecule has 1 heterocycles. The number of hydrogen-bond acceptors (Lipinski definition) is 6. The number of aryl methyl sites for hydroxylation is 2. The molecule has 0 spiro atoms. The predicted molar refractivity (Wildman–Crippen MR) is 108 cm³/mol. The van der Waals surface area contributed by atoms with Gasteiger partial charge in [0.15, 0.2) is 5.82 Å². The largest absolute Gasteiger partial charge is 0.497 e. The number of nitrogens with one attached hydrogen (secondary N) is 1. The lowest BCUT2D eigenvalue weighted by Crippen LogP contribution is -2.38. The Morgan fingerprint density at radius 1 is 1.25 bits per heavy atom. The molecule has 154 valence electrons. The molecule has 2 rings (SSSR count). The van der Waals surface area contributed by atoms with Crippen LogP contribution in [0.3, 0.4) is 0 Å². The van der Waals surface area contributed by atoms with Crippen molar-refractivity contribution in [1.29, 1.82) is 0 Å². The molecule has 0 saturated heterocycles. The summed E-state index contributed by atoms with van der Waals surface area (Å²) in [6.07, 6.45) is 2.55. The van der Waals surface area contributed by atoms with E-state index in [1.165, 1.54) is 0 Å². The molecule has 1 N–H and O–H groups in total. The van der Waals surface area contributed by atoms with Crippen LogP contribution in [0.1, 0.15) is 56.9 Å². The zero-order valence-corrected chi connectivity index (χ0v) is 17.4. The minimum atomic E-state index is -0.0182. The van der Waals surface area contributed by atoms with Gasteiger partial charge in [-0.1, -0.05) is 38.1 Å². The van der Waals surface area contributed by atoms with E-state index in [0.29, 0.717) is 31.1 Å². The van der Waals surface area contributed by atoms with Crippen LogP contribution in [0.4, 0.5) is 0 Å². The minimum absolute atomic E-state index is 0.0182. The molecule has 2 aromatic rings. The van der Waals surface area contributed by atoms with Crippen molar-refractivity contribution in [2.24, 2.45) is 0 Å². The normalized spacial score (nSPS) is 12.2. The van der Waals surface area contributed by atoms with Gasteiger partial charge in [-0.25, -0.2) is 0 Å². The van der Waals surface area contributed by atoms with Crippen LogP contribution in [-0.4, -0.2) is 47.7 Å². The van der Waals surface area contributed by atoms with Crippen LogP contribution >= 0.6 is 0 Å². The number of hydrogen-bond donors (Lipinski definition) is 1. The van der Waals surface area contributed by atoms with E-state index in [4.69, 9.17) is 9.26 Å². The predicted octanol–water partition coefficient (Wildman–Crippen LogP) is 3.16. The first-order valence-electron chi connectivity index (χ1n) is 10.1. The molecule has 1 amide bonds. The third kappa shape index (κ3) is 6.34. The van der Waals surface area contributed by atoms with Gasteiger partial charge < -0.3 is 14.6 Å². The van der Waals surface area contributed by atoms with E-state index in [1.54, 1.807) is 7.11 Å². The summed E-state index contributed by atoms with van der Waals surface area (Å²) < 4.78 is 10.6. The molecule has 1 aromatic carbocycles. The highest BCUT2D eigenvalue weighted by Crippen LogP contribution is 2.23. The number of nitrogens with zero attached hydrogens (tertiary/aromatic N) is 3. The molecule has 1 aromatic heterocycles. The molecule has 0 bridgehead atoms. The van der Waals surface area contributed by atoms with Crippen LogP contribution < -0.4 is 10.1 Å². The molecule has 7 nitrogen and oxygen atoms in total. The van der Waals surface area contributed by atoms with E-state index >= 15 is 0 Å². The summed E-state index contributed by atoms with van der Waals surface area (Å²) in [4.78, 5) is 19.0. The quantitative estimate of drug-likeness (QED) is 0.602. The van der Waals surface area contributed by atoms with Crippen molar-refractivity contribution < 1.29 is 14.1 Å². The monoisotopic (exact) mass is 388 g/mol. The standard InChI is InChI=1S/C21H32N4O3/c1-5-9-19-23-21(28-24-19)13-12-20(26)22-15-18(25(6-2)7-3)16-10-8-11-17(14-16)27-4/h8,10-11,14,18H,5-7,9,12-13,15H2,1-4H3,(H,22,26). The molecule has 1 unspecified atom stereocenters. The van der Waals surface area contributed by atoms with Crippen LogP contribution in [-0.2, 0) is 17.6 Å². The first-order chi connectivity index (χ1) is 13.6. The summed E-state index contributed by atoms with van der Waals surface area (Å²) in [5, 5.41) is 6.98. The molecule has 0 radical (unpaired) electrons. The Kier molecular flexibility index (Phi) is 8.94. The van der Waals surface area contributed by atoms with Gasteiger partial charge in [0.2, 0.25) is 11.8 Å². The highest BCUT2D eigenvalue weighted by molar-refractivity contribution is 5.76. The van der Waals surface area contributed by atoms with Crippen molar-refractivity contribution in [3.63, 3.8) is 0 Å². The first-order valence-corrected chi connectivity index (χ1v) is 10.1. The number of carbonyl (C=O) groups excluding carboxylic acids is 1. The molecule has 0 aliphatic heterocycles. The molecular weight excluding hydrogens is 356 g/mol. The minimum Gasteiger partial charge on any atom is -0.497 e. The van der Waals surface area contributed by atoms with Crippen LogP contribution in [0.15, 0.2) is 28.8 Å². The Labute approximate surface area is 167 Å². The topological polar surface area (TPSA) is 80.5 Å². The maximum absolute atomic E-state index is 12.4. The summed E-state index contributed by atoms with van der Waals surface area (Å²) >= 11 is 0. The Morgan fingerprint density at radius 2 is 2.04 bits per heavy atom. The Bertz CT molecular complexity index is 728. The summed E-state index contributed by atoms with van der Waals surface area (Å²) in [6, 6.07) is 8.11. The van der Waals surface area contributed by atoms with Gasteiger partial charge >= 0.3 is 0 Å². The van der Waals surface area contributed by atoms with Gasteiger partial charge in [-0.05, 0) is 37.2 Å². The van der Waals surface area contributed by atoms with Crippen molar-refractivity contribution in [2.75, 3.05) is 26.7 Å². The average Bonchev–Trinajstić information content (AvgIpc) is 3.17. The number of rotatable bonds is 12. The highest BCUT2D eigenvalue weighted by Gasteiger charge is 2.19. The van der Waals surface area contributed by atoms with Gasteiger partial charge in [0, 0.05) is 25.8 Å². The number of benzene rings is 1. The second-order valence-electron chi connectivity index (χ2n) is 6.67. The van der Waals surface area contributed by atoms with E-state index in [1.807, 2.05) is 18.2 Å². The van der Waals surface area contributed by atoms with Crippen molar-refractivity contribution in [3.8, 4) is 5.75 Å². The van der Waals surface area contributed by atoms with Gasteiger partial charge in [-0.15, -0.1) is 0 Å². The van der Waals surface area contributed by atoms with Crippen LogP contribution in [0.2, 0.25) is 0 Å². The lowest BCUT2D eigenvalue weighted by Gasteiger charge is -2.30. The van der Waals surface area contributed by atoms with Gasteiger partial charge in [0.1, 0.15) is 5.75 Å².